The molecule has 1 aliphatic rings. The van der Waals surface area contributed by atoms with Crippen molar-refractivity contribution in [1.29, 1.82) is 0 Å². The second-order valence-corrected chi connectivity index (χ2v) is 6.31. The van der Waals surface area contributed by atoms with Crippen molar-refractivity contribution in [2.45, 2.75) is 50.5 Å². The smallest absolute Gasteiger partial charge is 0.0480 e. The summed E-state index contributed by atoms with van der Waals surface area (Å²) < 4.78 is 0. The van der Waals surface area contributed by atoms with Gasteiger partial charge in [-0.25, -0.2) is 0 Å². The zero-order valence-electron chi connectivity index (χ0n) is 10.9. The van der Waals surface area contributed by atoms with E-state index in [0.717, 1.165) is 11.7 Å². The average Bonchev–Trinajstić information content (AvgIpc) is 2.27. The zero-order valence-corrected chi connectivity index (χ0v) is 11.7. The van der Waals surface area contributed by atoms with Gasteiger partial charge >= 0.3 is 0 Å². The molecule has 17 heavy (non-hydrogen) atoms. The fourth-order valence-electron chi connectivity index (χ4n) is 2.42. The molecule has 1 N–H and O–H groups in total. The van der Waals surface area contributed by atoms with Crippen LogP contribution in [0, 0.1) is 5.92 Å². The molecule has 0 aromatic heterocycles. The summed E-state index contributed by atoms with van der Waals surface area (Å²) in [6.45, 7) is 4.52. The van der Waals surface area contributed by atoms with Crippen molar-refractivity contribution in [3.63, 3.8) is 0 Å². The lowest BCUT2D eigenvalue weighted by molar-refractivity contribution is 0.286. The molecular weight excluding hydrogens is 226 g/mol. The number of thioether (sulfide) groups is 1. The van der Waals surface area contributed by atoms with Gasteiger partial charge in [0.25, 0.3) is 0 Å². The van der Waals surface area contributed by atoms with E-state index in [1.807, 2.05) is 11.8 Å². The van der Waals surface area contributed by atoms with E-state index in [0.29, 0.717) is 6.04 Å². The lowest BCUT2D eigenvalue weighted by Gasteiger charge is -2.29. The summed E-state index contributed by atoms with van der Waals surface area (Å²) in [7, 11) is 0. The Kier molecular flexibility index (Phi) is 4.78. The molecular formula is C15H23NS. The van der Waals surface area contributed by atoms with Gasteiger partial charge in [-0.1, -0.05) is 38.3 Å². The van der Waals surface area contributed by atoms with Crippen LogP contribution in [0.15, 0.2) is 29.2 Å². The largest absolute Gasteiger partial charge is 0.382 e. The summed E-state index contributed by atoms with van der Waals surface area (Å²) in [5.74, 6) is 2.11. The first-order valence-corrected chi connectivity index (χ1v) is 7.76. The number of anilines is 1. The molecule has 1 saturated carbocycles. The molecule has 0 bridgehead atoms. The van der Waals surface area contributed by atoms with Crippen molar-refractivity contribution in [2.24, 2.45) is 5.92 Å². The number of nitrogens with one attached hydrogen (secondary N) is 1. The van der Waals surface area contributed by atoms with Gasteiger partial charge in [-0.3, -0.25) is 0 Å². The second-order valence-electron chi connectivity index (χ2n) is 5.01. The summed E-state index contributed by atoms with van der Waals surface area (Å²) in [4.78, 5) is 1.38. The highest BCUT2D eigenvalue weighted by molar-refractivity contribution is 7.99. The quantitative estimate of drug-likeness (QED) is 0.728. The Bertz CT molecular complexity index is 347. The van der Waals surface area contributed by atoms with Gasteiger partial charge in [-0.2, -0.15) is 0 Å². The van der Waals surface area contributed by atoms with E-state index in [1.165, 1.54) is 36.3 Å². The Labute approximate surface area is 109 Å². The van der Waals surface area contributed by atoms with Gasteiger partial charge in [-0.15, -0.1) is 11.8 Å². The van der Waals surface area contributed by atoms with Crippen molar-refractivity contribution in [3.8, 4) is 0 Å². The Morgan fingerprint density at radius 1 is 1.35 bits per heavy atom. The monoisotopic (exact) mass is 249 g/mol. The molecule has 1 unspecified atom stereocenters. The van der Waals surface area contributed by atoms with Crippen molar-refractivity contribution in [1.82, 2.24) is 0 Å². The summed E-state index contributed by atoms with van der Waals surface area (Å²) in [6, 6.07) is 9.26. The first-order chi connectivity index (χ1) is 8.29. The van der Waals surface area contributed by atoms with Crippen LogP contribution >= 0.6 is 11.8 Å². The van der Waals surface area contributed by atoms with E-state index in [2.05, 4.69) is 43.4 Å². The molecule has 0 saturated heterocycles. The van der Waals surface area contributed by atoms with Gasteiger partial charge in [-0.05, 0) is 37.1 Å². The van der Waals surface area contributed by atoms with Crippen molar-refractivity contribution >= 4 is 17.4 Å². The molecule has 0 radical (unpaired) electrons. The van der Waals surface area contributed by atoms with E-state index in [4.69, 9.17) is 0 Å². The highest BCUT2D eigenvalue weighted by Gasteiger charge is 2.20. The van der Waals surface area contributed by atoms with Crippen molar-refractivity contribution < 1.29 is 0 Å². The number of hydrogen-bond acceptors (Lipinski definition) is 2. The van der Waals surface area contributed by atoms with Gasteiger partial charge in [0, 0.05) is 16.6 Å². The molecule has 1 atom stereocenters. The van der Waals surface area contributed by atoms with Crippen molar-refractivity contribution in [2.75, 3.05) is 11.1 Å². The standard InChI is InChI=1S/C15H23NS/c1-3-17-15-10-5-4-9-14(15)16-12(2)11-13-7-6-8-13/h4-5,9-10,12-13,16H,3,6-8,11H2,1-2H3. The van der Waals surface area contributed by atoms with E-state index in [9.17, 15) is 0 Å². The SMILES string of the molecule is CCSc1ccccc1NC(C)CC1CCC1. The topological polar surface area (TPSA) is 12.0 Å². The van der Waals surface area contributed by atoms with Gasteiger partial charge in [0.15, 0.2) is 0 Å². The first-order valence-electron chi connectivity index (χ1n) is 6.78. The van der Waals surface area contributed by atoms with Gasteiger partial charge in [0.2, 0.25) is 0 Å². The number of benzene rings is 1. The molecule has 1 aromatic carbocycles. The van der Waals surface area contributed by atoms with Crippen molar-refractivity contribution in [3.05, 3.63) is 24.3 Å². The molecule has 0 spiro atoms. The first kappa shape index (κ1) is 12.8. The molecule has 0 heterocycles. The molecule has 1 fully saturated rings. The minimum absolute atomic E-state index is 0.596. The normalized spacial score (nSPS) is 17.5. The van der Waals surface area contributed by atoms with Crippen LogP contribution in [0.1, 0.15) is 39.5 Å². The van der Waals surface area contributed by atoms with E-state index in [-0.39, 0.29) is 0 Å². The maximum atomic E-state index is 3.67. The molecule has 1 aromatic rings. The number of hydrogen-bond donors (Lipinski definition) is 1. The summed E-state index contributed by atoms with van der Waals surface area (Å²) in [5.41, 5.74) is 1.31. The molecule has 1 nitrogen and oxygen atoms in total. The van der Waals surface area contributed by atoms with Crippen LogP contribution in [-0.2, 0) is 0 Å². The van der Waals surface area contributed by atoms with Crippen LogP contribution in [0.3, 0.4) is 0 Å². The highest BCUT2D eigenvalue weighted by Crippen LogP contribution is 2.32. The fourth-order valence-corrected chi connectivity index (χ4v) is 3.19. The Morgan fingerprint density at radius 2 is 2.12 bits per heavy atom. The summed E-state index contributed by atoms with van der Waals surface area (Å²) in [5, 5.41) is 3.67. The third kappa shape index (κ3) is 3.67. The van der Waals surface area contributed by atoms with Gasteiger partial charge in [0.1, 0.15) is 0 Å². The van der Waals surface area contributed by atoms with E-state index >= 15 is 0 Å². The maximum absolute atomic E-state index is 3.67. The van der Waals surface area contributed by atoms with Crippen LogP contribution in [0.5, 0.6) is 0 Å². The molecule has 0 amide bonds. The number of rotatable bonds is 6. The third-order valence-corrected chi connectivity index (χ3v) is 4.46. The van der Waals surface area contributed by atoms with Crippen LogP contribution < -0.4 is 5.32 Å². The Balaban J connectivity index is 1.91. The molecule has 1 aliphatic carbocycles. The Hall–Kier alpha value is -0.630. The van der Waals surface area contributed by atoms with Crippen LogP contribution in [0.2, 0.25) is 0 Å². The lowest BCUT2D eigenvalue weighted by atomic mass is 9.81. The second kappa shape index (κ2) is 6.34. The summed E-state index contributed by atoms with van der Waals surface area (Å²) >= 11 is 1.92. The summed E-state index contributed by atoms with van der Waals surface area (Å²) in [6.07, 6.45) is 5.65. The minimum atomic E-state index is 0.596. The molecule has 2 rings (SSSR count). The van der Waals surface area contributed by atoms with Crippen LogP contribution in [0.4, 0.5) is 5.69 Å². The zero-order chi connectivity index (χ0) is 12.1. The fraction of sp³-hybridized carbons (Fsp3) is 0.600. The van der Waals surface area contributed by atoms with Gasteiger partial charge < -0.3 is 5.32 Å². The lowest BCUT2D eigenvalue weighted by Crippen LogP contribution is -2.23. The molecule has 94 valence electrons. The van der Waals surface area contributed by atoms with E-state index < -0.39 is 0 Å². The minimum Gasteiger partial charge on any atom is -0.382 e. The maximum Gasteiger partial charge on any atom is 0.0480 e. The van der Waals surface area contributed by atoms with Crippen LogP contribution in [0.25, 0.3) is 0 Å². The Morgan fingerprint density at radius 3 is 2.76 bits per heavy atom. The number of para-hydroxylation sites is 1. The highest BCUT2D eigenvalue weighted by atomic mass is 32.2. The molecule has 2 heteroatoms. The third-order valence-electron chi connectivity index (χ3n) is 3.50. The van der Waals surface area contributed by atoms with Crippen LogP contribution in [-0.4, -0.2) is 11.8 Å². The predicted molar refractivity (Wildman–Crippen MR) is 77.9 cm³/mol. The predicted octanol–water partition coefficient (Wildman–Crippen LogP) is 4.79. The molecule has 0 aliphatic heterocycles. The van der Waals surface area contributed by atoms with Gasteiger partial charge in [0.05, 0.1) is 0 Å². The average molecular weight is 249 g/mol. The van der Waals surface area contributed by atoms with E-state index in [1.54, 1.807) is 0 Å².